The van der Waals surface area contributed by atoms with Crippen LogP contribution in [0.15, 0.2) is 75.6 Å². The molecule has 2 heterocycles. The van der Waals surface area contributed by atoms with Crippen LogP contribution in [0.2, 0.25) is 0 Å². The molecule has 2 N–H and O–H groups in total. The summed E-state index contributed by atoms with van der Waals surface area (Å²) in [5, 5.41) is 7.67. The third kappa shape index (κ3) is 5.57. The number of ether oxygens (including phenoxy) is 1. The van der Waals surface area contributed by atoms with Crippen LogP contribution < -0.4 is 25.2 Å². The predicted octanol–water partition coefficient (Wildman–Crippen LogP) is 4.80. The number of nitrogens with zero attached hydrogens (tertiary/aromatic N) is 2. The van der Waals surface area contributed by atoms with Crippen LogP contribution in [0.25, 0.3) is 10.8 Å². The molecule has 1 aliphatic rings. The van der Waals surface area contributed by atoms with Crippen molar-refractivity contribution in [1.29, 1.82) is 0 Å². The molecule has 0 bridgehead atoms. The van der Waals surface area contributed by atoms with E-state index >= 15 is 0 Å². The molecule has 10 heteroatoms. The van der Waals surface area contributed by atoms with Crippen molar-refractivity contribution < 1.29 is 23.5 Å². The number of fused-ring (bicyclic) bond motifs is 2. The molecule has 0 fully saturated rings. The van der Waals surface area contributed by atoms with E-state index in [2.05, 4.69) is 26.6 Å². The Balaban J connectivity index is 1.65. The number of rotatable bonds is 7. The zero-order valence-electron chi connectivity index (χ0n) is 23.2. The molecule has 9 nitrogen and oxygen atoms in total. The number of hydrogen-bond donors (Lipinski definition) is 2. The van der Waals surface area contributed by atoms with Crippen molar-refractivity contribution >= 4 is 55.8 Å². The molecule has 3 aromatic carbocycles. The Morgan fingerprint density at radius 1 is 1.10 bits per heavy atom. The molecule has 3 amide bonds. The fraction of sp³-hybridized carbons (Fsp3) is 0.258. The van der Waals surface area contributed by atoms with E-state index in [1.807, 2.05) is 42.5 Å². The molecule has 2 atom stereocenters. The van der Waals surface area contributed by atoms with Gasteiger partial charge >= 0.3 is 0 Å². The Morgan fingerprint density at radius 3 is 2.54 bits per heavy atom. The second kappa shape index (κ2) is 11.8. The monoisotopic (exact) mass is 618 g/mol. The Hall–Kier alpha value is -4.15. The lowest BCUT2D eigenvalue weighted by Gasteiger charge is -2.27. The molecule has 41 heavy (non-hydrogen) atoms. The molecule has 0 saturated carbocycles. The number of hydrogen-bond acceptors (Lipinski definition) is 6. The molecule has 212 valence electrons. The van der Waals surface area contributed by atoms with E-state index in [1.54, 1.807) is 57.2 Å². The van der Waals surface area contributed by atoms with E-state index in [9.17, 15) is 14.4 Å². The first-order valence-corrected chi connectivity index (χ1v) is 14.0. The van der Waals surface area contributed by atoms with E-state index < -0.39 is 18.0 Å². The Kier molecular flexibility index (Phi) is 8.14. The lowest BCUT2D eigenvalue weighted by molar-refractivity contribution is -0.128. The molecule has 0 unspecified atom stereocenters. The SMILES string of the molecule is CN[C@@H](C)C(=O)N[C@H]1CN(C(=O)c2ccc(C)o2)c2ccccc2N(Cc2c(OC)ccc3cc(Br)ccc23)C1=O. The molecule has 1 aliphatic heterocycles. The van der Waals surface area contributed by atoms with Crippen LogP contribution in [0.1, 0.15) is 28.8 Å². The minimum absolute atomic E-state index is 0.0767. The number of amides is 3. The van der Waals surface area contributed by atoms with Crippen LogP contribution in [0.5, 0.6) is 5.75 Å². The summed E-state index contributed by atoms with van der Waals surface area (Å²) in [6.45, 7) is 3.54. The molecule has 4 aromatic rings. The topological polar surface area (TPSA) is 104 Å². The van der Waals surface area contributed by atoms with Gasteiger partial charge in [0.05, 0.1) is 37.6 Å². The maximum atomic E-state index is 14.3. The van der Waals surface area contributed by atoms with Gasteiger partial charge in [-0.1, -0.05) is 40.2 Å². The first-order chi connectivity index (χ1) is 19.7. The van der Waals surface area contributed by atoms with Gasteiger partial charge in [-0.2, -0.15) is 0 Å². The highest BCUT2D eigenvalue weighted by atomic mass is 79.9. The minimum Gasteiger partial charge on any atom is -0.496 e. The fourth-order valence-corrected chi connectivity index (χ4v) is 5.40. The van der Waals surface area contributed by atoms with Crippen molar-refractivity contribution in [3.05, 3.63) is 88.3 Å². The molecular formula is C31H31BrN4O5. The van der Waals surface area contributed by atoms with Gasteiger partial charge in [-0.25, -0.2) is 0 Å². The highest BCUT2D eigenvalue weighted by Crippen LogP contribution is 2.38. The number of methoxy groups -OCH3 is 1. The number of benzene rings is 3. The number of para-hydroxylation sites is 2. The van der Waals surface area contributed by atoms with E-state index in [1.165, 1.54) is 4.90 Å². The van der Waals surface area contributed by atoms with Crippen LogP contribution >= 0.6 is 15.9 Å². The van der Waals surface area contributed by atoms with E-state index in [0.717, 1.165) is 20.8 Å². The van der Waals surface area contributed by atoms with Gasteiger partial charge in [0.1, 0.15) is 17.6 Å². The first kappa shape index (κ1) is 28.4. The molecule has 5 rings (SSSR count). The van der Waals surface area contributed by atoms with Crippen molar-refractivity contribution in [2.24, 2.45) is 0 Å². The molecule has 0 aliphatic carbocycles. The molecule has 1 aromatic heterocycles. The second-order valence-electron chi connectivity index (χ2n) is 9.92. The van der Waals surface area contributed by atoms with Crippen molar-refractivity contribution in [2.45, 2.75) is 32.5 Å². The number of halogens is 1. The quantitative estimate of drug-likeness (QED) is 0.308. The Labute approximate surface area is 246 Å². The number of nitrogens with one attached hydrogen (secondary N) is 2. The summed E-state index contributed by atoms with van der Waals surface area (Å²) >= 11 is 3.54. The molecule has 0 saturated heterocycles. The van der Waals surface area contributed by atoms with Crippen LogP contribution in [-0.4, -0.2) is 50.5 Å². The summed E-state index contributed by atoms with van der Waals surface area (Å²) in [4.78, 5) is 44.2. The standard InChI is InChI=1S/C31H31BrN4O5/c1-18-9-13-28(41-18)31(39)36-17-24(34-29(37)19(2)33-3)30(38)35(25-7-5-6-8-26(25)36)16-23-22-12-11-21(32)15-20(22)10-14-27(23)40-4/h5-15,19,24,33H,16-17H2,1-4H3,(H,34,37)/t19-,24-/m0/s1. The summed E-state index contributed by atoms with van der Waals surface area (Å²) in [5.41, 5.74) is 1.86. The molecular weight excluding hydrogens is 588 g/mol. The maximum Gasteiger partial charge on any atom is 0.294 e. The van der Waals surface area contributed by atoms with Gasteiger partial charge in [0, 0.05) is 10.0 Å². The summed E-state index contributed by atoms with van der Waals surface area (Å²) in [7, 11) is 3.26. The highest BCUT2D eigenvalue weighted by molar-refractivity contribution is 9.10. The summed E-state index contributed by atoms with van der Waals surface area (Å²) in [6.07, 6.45) is 0. The minimum atomic E-state index is -1.03. The number of aryl methyl sites for hydroxylation is 1. The summed E-state index contributed by atoms with van der Waals surface area (Å²) < 4.78 is 12.3. The van der Waals surface area contributed by atoms with Gasteiger partial charge in [-0.15, -0.1) is 0 Å². The number of anilines is 2. The lowest BCUT2D eigenvalue weighted by Crippen LogP contribution is -2.55. The predicted molar refractivity (Wildman–Crippen MR) is 161 cm³/mol. The third-order valence-corrected chi connectivity index (χ3v) is 7.81. The van der Waals surface area contributed by atoms with Crippen molar-refractivity contribution in [2.75, 3.05) is 30.5 Å². The largest absolute Gasteiger partial charge is 0.496 e. The average Bonchev–Trinajstić information content (AvgIpc) is 3.38. The van der Waals surface area contributed by atoms with Crippen molar-refractivity contribution in [3.8, 4) is 5.75 Å². The maximum absolute atomic E-state index is 14.3. The average molecular weight is 620 g/mol. The number of carbonyl (C=O) groups is 3. The van der Waals surface area contributed by atoms with Crippen LogP contribution in [-0.2, 0) is 16.1 Å². The van der Waals surface area contributed by atoms with Crippen LogP contribution in [0.4, 0.5) is 11.4 Å². The fourth-order valence-electron chi connectivity index (χ4n) is 5.02. The van der Waals surface area contributed by atoms with Gasteiger partial charge in [-0.3, -0.25) is 14.4 Å². The highest BCUT2D eigenvalue weighted by Gasteiger charge is 2.38. The Bertz CT molecular complexity index is 1630. The zero-order chi connectivity index (χ0) is 29.3. The number of likely N-dealkylation sites (N-methyl/N-ethyl adjacent to an activating group) is 1. The van der Waals surface area contributed by atoms with Crippen LogP contribution in [0, 0.1) is 6.92 Å². The zero-order valence-corrected chi connectivity index (χ0v) is 24.8. The molecule has 0 radical (unpaired) electrons. The first-order valence-electron chi connectivity index (χ1n) is 13.2. The van der Waals surface area contributed by atoms with E-state index in [0.29, 0.717) is 22.9 Å². The van der Waals surface area contributed by atoms with E-state index in [4.69, 9.17) is 9.15 Å². The summed E-state index contributed by atoms with van der Waals surface area (Å²) in [6, 6.07) is 18.7. The van der Waals surface area contributed by atoms with Gasteiger partial charge in [0.25, 0.3) is 11.8 Å². The number of carbonyl (C=O) groups excluding carboxylic acids is 3. The van der Waals surface area contributed by atoms with E-state index in [-0.39, 0.29) is 30.7 Å². The summed E-state index contributed by atoms with van der Waals surface area (Å²) in [5.74, 6) is 0.248. The number of furan rings is 1. The van der Waals surface area contributed by atoms with Crippen LogP contribution in [0.3, 0.4) is 0 Å². The lowest BCUT2D eigenvalue weighted by atomic mass is 10.0. The van der Waals surface area contributed by atoms with Gasteiger partial charge in [-0.05, 0) is 74.1 Å². The Morgan fingerprint density at radius 2 is 1.85 bits per heavy atom. The molecule has 0 spiro atoms. The van der Waals surface area contributed by atoms with Crippen molar-refractivity contribution in [3.63, 3.8) is 0 Å². The van der Waals surface area contributed by atoms with Gasteiger partial charge < -0.3 is 29.6 Å². The van der Waals surface area contributed by atoms with Gasteiger partial charge in [0.2, 0.25) is 5.91 Å². The third-order valence-electron chi connectivity index (χ3n) is 7.32. The normalized spacial score (nSPS) is 15.8. The van der Waals surface area contributed by atoms with Crippen molar-refractivity contribution in [1.82, 2.24) is 10.6 Å². The second-order valence-corrected chi connectivity index (χ2v) is 10.8. The van der Waals surface area contributed by atoms with Gasteiger partial charge in [0.15, 0.2) is 5.76 Å². The smallest absolute Gasteiger partial charge is 0.294 e.